The Labute approximate surface area is 254 Å². The maximum absolute atomic E-state index is 13.6. The van der Waals surface area contributed by atoms with Gasteiger partial charge in [0.15, 0.2) is 6.23 Å². The maximum Gasteiger partial charge on any atom is 0.335 e. The zero-order valence-corrected chi connectivity index (χ0v) is 25.9. The predicted octanol–water partition coefficient (Wildman–Crippen LogP) is 0.659. The van der Waals surface area contributed by atoms with Gasteiger partial charge in [0.1, 0.15) is 37.8 Å². The number of hydrogen-bond acceptors (Lipinski definition) is 12. The van der Waals surface area contributed by atoms with E-state index in [1.807, 2.05) is 30.3 Å². The quantitative estimate of drug-likeness (QED) is 0.241. The van der Waals surface area contributed by atoms with Gasteiger partial charge in [-0.2, -0.15) is 16.8 Å². The van der Waals surface area contributed by atoms with E-state index in [1.165, 1.54) is 13.1 Å². The van der Waals surface area contributed by atoms with E-state index < -0.39 is 75.5 Å². The van der Waals surface area contributed by atoms with Crippen LogP contribution in [0.25, 0.3) is 0 Å². The minimum atomic E-state index is -4.11. The van der Waals surface area contributed by atoms with Crippen LogP contribution < -0.4 is 11.2 Å². The first kappa shape index (κ1) is 33.7. The topological polar surface area (TPSA) is 179 Å². The van der Waals surface area contributed by atoms with E-state index in [9.17, 15) is 31.5 Å². The Bertz CT molecular complexity index is 1720. The van der Waals surface area contributed by atoms with Crippen LogP contribution in [-0.2, 0) is 62.8 Å². The van der Waals surface area contributed by atoms with E-state index >= 15 is 0 Å². The third kappa shape index (κ3) is 8.48. The van der Waals surface area contributed by atoms with E-state index in [0.717, 1.165) is 27.2 Å². The summed E-state index contributed by atoms with van der Waals surface area (Å²) in [5.41, 5.74) is -2.03. The van der Waals surface area contributed by atoms with Crippen molar-refractivity contribution in [3.63, 3.8) is 0 Å². The molecule has 1 aliphatic heterocycles. The van der Waals surface area contributed by atoms with Crippen molar-refractivity contribution in [2.24, 2.45) is 0 Å². The Balaban J connectivity index is 1.73. The van der Waals surface area contributed by atoms with Gasteiger partial charge < -0.3 is 19.3 Å². The summed E-state index contributed by atoms with van der Waals surface area (Å²) in [5, 5.41) is 11.5. The molecule has 3 atom stereocenters. The molecule has 0 aliphatic carbocycles. The largest absolute Gasteiger partial charge is 0.386 e. The standard InChI is InChI=1S/C28H34N2O12S2/c1-20-14-29(27(33)30(25(20)32)19-38-15-21-10-6-4-7-11-21)26-23(31)24(39-16-22-12-8-5-9-13-22)28(42-26,17-40-43(2,34)35)18-41-44(3,36)37/h4-14,23-24,26,31H,15-19H2,1-3H3/t23-,24+,26+/m0/s1. The second-order valence-electron chi connectivity index (χ2n) is 10.4. The summed E-state index contributed by atoms with van der Waals surface area (Å²) in [6.07, 6.45) is -2.03. The van der Waals surface area contributed by atoms with E-state index in [2.05, 4.69) is 0 Å². The van der Waals surface area contributed by atoms with E-state index in [4.69, 9.17) is 22.6 Å². The van der Waals surface area contributed by atoms with Crippen molar-refractivity contribution < 1.29 is 44.5 Å². The van der Waals surface area contributed by atoms with Crippen LogP contribution in [0.4, 0.5) is 0 Å². The second-order valence-corrected chi connectivity index (χ2v) is 13.7. The zero-order chi connectivity index (χ0) is 32.1. The van der Waals surface area contributed by atoms with Crippen molar-refractivity contribution in [3.8, 4) is 0 Å². The molecule has 1 saturated heterocycles. The molecule has 0 saturated carbocycles. The molecule has 14 nitrogen and oxygen atoms in total. The Kier molecular flexibility index (Phi) is 10.6. The molecule has 0 spiro atoms. The average molecular weight is 655 g/mol. The fourth-order valence-corrected chi connectivity index (χ4v) is 5.47. The number of hydrogen-bond donors (Lipinski definition) is 1. The Morgan fingerprint density at radius 2 is 1.39 bits per heavy atom. The summed E-state index contributed by atoms with van der Waals surface area (Å²) in [6.45, 7) is -0.649. The van der Waals surface area contributed by atoms with Gasteiger partial charge in [-0.15, -0.1) is 0 Å². The van der Waals surface area contributed by atoms with Crippen LogP contribution in [0.15, 0.2) is 76.4 Å². The molecule has 2 aromatic carbocycles. The first-order valence-electron chi connectivity index (χ1n) is 13.3. The van der Waals surface area contributed by atoms with Crippen LogP contribution in [0.5, 0.6) is 0 Å². The predicted molar refractivity (Wildman–Crippen MR) is 156 cm³/mol. The van der Waals surface area contributed by atoms with Crippen molar-refractivity contribution in [1.82, 2.24) is 9.13 Å². The van der Waals surface area contributed by atoms with E-state index in [-0.39, 0.29) is 18.8 Å². The molecule has 0 radical (unpaired) electrons. The molecule has 4 rings (SSSR count). The van der Waals surface area contributed by atoms with Crippen LogP contribution >= 0.6 is 0 Å². The normalized spacial score (nSPS) is 20.1. The number of aliphatic hydroxyl groups excluding tert-OH is 1. The van der Waals surface area contributed by atoms with Crippen LogP contribution in [0, 0.1) is 6.92 Å². The Morgan fingerprint density at radius 1 is 0.864 bits per heavy atom. The lowest BCUT2D eigenvalue weighted by molar-refractivity contribution is -0.154. The molecule has 2 heterocycles. The van der Waals surface area contributed by atoms with Gasteiger partial charge in [-0.05, 0) is 18.1 Å². The highest BCUT2D eigenvalue weighted by atomic mass is 32.2. The van der Waals surface area contributed by atoms with Crippen molar-refractivity contribution in [2.45, 2.75) is 50.9 Å². The third-order valence-corrected chi connectivity index (χ3v) is 7.85. The summed E-state index contributed by atoms with van der Waals surface area (Å²) < 4.78 is 77.4. The lowest BCUT2D eigenvalue weighted by Crippen LogP contribution is -2.52. The zero-order valence-electron chi connectivity index (χ0n) is 24.3. The first-order chi connectivity index (χ1) is 20.7. The van der Waals surface area contributed by atoms with Gasteiger partial charge in [0.2, 0.25) is 0 Å². The average Bonchev–Trinajstić information content (AvgIpc) is 3.25. The Hall–Kier alpha value is -3.22. The van der Waals surface area contributed by atoms with E-state index in [0.29, 0.717) is 5.56 Å². The van der Waals surface area contributed by atoms with Crippen molar-refractivity contribution in [3.05, 3.63) is 104 Å². The number of aromatic nitrogens is 2. The van der Waals surface area contributed by atoms with Gasteiger partial charge in [-0.3, -0.25) is 17.7 Å². The second kappa shape index (κ2) is 13.8. The van der Waals surface area contributed by atoms with Crippen molar-refractivity contribution in [2.75, 3.05) is 25.7 Å². The van der Waals surface area contributed by atoms with Gasteiger partial charge in [0.05, 0.1) is 25.7 Å². The molecule has 0 amide bonds. The minimum absolute atomic E-state index is 0.0998. The first-order valence-corrected chi connectivity index (χ1v) is 17.0. The van der Waals surface area contributed by atoms with Crippen molar-refractivity contribution >= 4 is 20.2 Å². The highest BCUT2D eigenvalue weighted by Gasteiger charge is 2.58. The molecule has 240 valence electrons. The fraction of sp³-hybridized carbons (Fsp3) is 0.429. The fourth-order valence-electron chi connectivity index (χ4n) is 4.64. The summed E-state index contributed by atoms with van der Waals surface area (Å²) >= 11 is 0. The Morgan fingerprint density at radius 3 is 1.91 bits per heavy atom. The summed E-state index contributed by atoms with van der Waals surface area (Å²) in [4.78, 5) is 26.5. The summed E-state index contributed by atoms with van der Waals surface area (Å²) in [5.74, 6) is 0. The van der Waals surface area contributed by atoms with Crippen LogP contribution in [0.1, 0.15) is 22.9 Å². The lowest BCUT2D eigenvalue weighted by atomic mass is 9.96. The summed E-state index contributed by atoms with van der Waals surface area (Å²) in [6, 6.07) is 17.8. The molecule has 1 fully saturated rings. The van der Waals surface area contributed by atoms with E-state index in [1.54, 1.807) is 30.3 Å². The van der Waals surface area contributed by atoms with Crippen LogP contribution in [0.2, 0.25) is 0 Å². The molecule has 3 aromatic rings. The molecular formula is C28H34N2O12S2. The third-order valence-electron chi connectivity index (χ3n) is 6.76. The number of aryl methyl sites for hydroxylation is 1. The van der Waals surface area contributed by atoms with Gasteiger partial charge in [-0.1, -0.05) is 60.7 Å². The highest BCUT2D eigenvalue weighted by Crippen LogP contribution is 2.40. The monoisotopic (exact) mass is 654 g/mol. The van der Waals surface area contributed by atoms with Crippen molar-refractivity contribution in [1.29, 1.82) is 0 Å². The van der Waals surface area contributed by atoms with Gasteiger partial charge in [-0.25, -0.2) is 9.36 Å². The number of rotatable bonds is 14. The SMILES string of the molecule is Cc1cn([C@@H]2OC(COS(C)(=O)=O)(COS(C)(=O)=O)[C@H](OCc3ccccc3)[C@@H]2O)c(=O)n(COCc2ccccc2)c1=O. The van der Waals surface area contributed by atoms with Gasteiger partial charge in [0.25, 0.3) is 25.8 Å². The highest BCUT2D eigenvalue weighted by molar-refractivity contribution is 7.86. The minimum Gasteiger partial charge on any atom is -0.386 e. The number of aliphatic hydroxyl groups is 1. The molecule has 1 aliphatic rings. The molecule has 1 aromatic heterocycles. The number of ether oxygens (including phenoxy) is 3. The van der Waals surface area contributed by atoms with Gasteiger partial charge in [0, 0.05) is 11.8 Å². The molecule has 0 unspecified atom stereocenters. The molecule has 1 N–H and O–H groups in total. The van der Waals surface area contributed by atoms with Crippen LogP contribution in [0.3, 0.4) is 0 Å². The smallest absolute Gasteiger partial charge is 0.335 e. The molecule has 44 heavy (non-hydrogen) atoms. The lowest BCUT2D eigenvalue weighted by Gasteiger charge is -2.33. The van der Waals surface area contributed by atoms with Crippen LogP contribution in [-0.4, -0.2) is 74.6 Å². The molecule has 0 bridgehead atoms. The maximum atomic E-state index is 13.6. The number of benzene rings is 2. The molecular weight excluding hydrogens is 620 g/mol. The number of nitrogens with zero attached hydrogens (tertiary/aromatic N) is 2. The van der Waals surface area contributed by atoms with Gasteiger partial charge >= 0.3 is 5.69 Å². The molecule has 16 heteroatoms. The summed E-state index contributed by atoms with van der Waals surface area (Å²) in [7, 11) is -8.21.